The summed E-state index contributed by atoms with van der Waals surface area (Å²) in [6, 6.07) is 10.9. The van der Waals surface area contributed by atoms with E-state index in [2.05, 4.69) is 37.9 Å². The maximum absolute atomic E-state index is 12.5. The molecule has 0 aliphatic rings. The molecule has 20 heavy (non-hydrogen) atoms. The van der Waals surface area contributed by atoms with Crippen molar-refractivity contribution in [3.63, 3.8) is 0 Å². The van der Waals surface area contributed by atoms with Crippen LogP contribution < -0.4 is 4.74 Å². The van der Waals surface area contributed by atoms with Gasteiger partial charge in [-0.05, 0) is 44.0 Å². The van der Waals surface area contributed by atoms with Gasteiger partial charge >= 0.3 is 0 Å². The fourth-order valence-electron chi connectivity index (χ4n) is 1.78. The molecule has 0 radical (unpaired) electrons. The van der Waals surface area contributed by atoms with Crippen molar-refractivity contribution in [3.8, 4) is 11.8 Å². The molecule has 2 rings (SSSR count). The minimum Gasteiger partial charge on any atom is -0.496 e. The third-order valence-corrected chi connectivity index (χ3v) is 6.00. The minimum atomic E-state index is -0.872. The van der Waals surface area contributed by atoms with Crippen LogP contribution in [0.1, 0.15) is 21.2 Å². The smallest absolute Gasteiger partial charge is 0.194 e. The number of Topliss-reactive ketones (excluding diaryl/α,β-unsaturated/α-hetero) is 1. The molecule has 2 aromatic rings. The number of para-hydroxylation sites is 1. The highest BCUT2D eigenvalue weighted by molar-refractivity contribution is 9.13. The standard InChI is InChI=1S/C14H9Br2NO2S/c1-19-11-5-3-2-4-8(11)9(7-17)13(18)12-6-10(15)14(16)20-12/h2-6,9H,1H3. The fraction of sp³-hybridized carbons (Fsp3) is 0.143. The second kappa shape index (κ2) is 6.53. The molecule has 1 aromatic carbocycles. The summed E-state index contributed by atoms with van der Waals surface area (Å²) in [5.41, 5.74) is 0.586. The quantitative estimate of drug-likeness (QED) is 0.677. The number of hydrogen-bond acceptors (Lipinski definition) is 4. The van der Waals surface area contributed by atoms with E-state index in [9.17, 15) is 10.1 Å². The van der Waals surface area contributed by atoms with E-state index in [1.807, 2.05) is 0 Å². The minimum absolute atomic E-state index is 0.228. The molecule has 3 nitrogen and oxygen atoms in total. The lowest BCUT2D eigenvalue weighted by Crippen LogP contribution is -2.11. The van der Waals surface area contributed by atoms with Crippen molar-refractivity contribution in [1.82, 2.24) is 0 Å². The van der Waals surface area contributed by atoms with Crippen LogP contribution >= 0.6 is 43.2 Å². The Morgan fingerprint density at radius 1 is 1.40 bits per heavy atom. The molecule has 1 unspecified atom stereocenters. The number of rotatable bonds is 4. The Bertz CT molecular complexity index is 671. The largest absolute Gasteiger partial charge is 0.496 e. The summed E-state index contributed by atoms with van der Waals surface area (Å²) in [4.78, 5) is 13.0. The number of hydrogen-bond donors (Lipinski definition) is 0. The topological polar surface area (TPSA) is 50.1 Å². The number of nitrogens with zero attached hydrogens (tertiary/aromatic N) is 1. The number of nitriles is 1. The van der Waals surface area contributed by atoms with Gasteiger partial charge in [0.1, 0.15) is 11.7 Å². The maximum Gasteiger partial charge on any atom is 0.194 e. The number of thiophene rings is 1. The predicted octanol–water partition coefficient (Wildman–Crippen LogP) is 4.77. The first-order valence-corrected chi connectivity index (χ1v) is 8.00. The van der Waals surface area contributed by atoms with Gasteiger partial charge in [0, 0.05) is 10.0 Å². The zero-order valence-corrected chi connectivity index (χ0v) is 14.4. The van der Waals surface area contributed by atoms with Crippen molar-refractivity contribution in [2.75, 3.05) is 7.11 Å². The molecular weight excluding hydrogens is 406 g/mol. The number of carbonyl (C=O) groups excluding carboxylic acids is 1. The van der Waals surface area contributed by atoms with Crippen molar-refractivity contribution in [1.29, 1.82) is 5.26 Å². The first-order valence-electron chi connectivity index (χ1n) is 5.60. The highest BCUT2D eigenvalue weighted by atomic mass is 79.9. The predicted molar refractivity (Wildman–Crippen MR) is 85.4 cm³/mol. The molecule has 0 N–H and O–H groups in total. The van der Waals surface area contributed by atoms with Crippen LogP contribution in [0.5, 0.6) is 5.75 Å². The summed E-state index contributed by atoms with van der Waals surface area (Å²) in [6.07, 6.45) is 0. The van der Waals surface area contributed by atoms with E-state index in [1.165, 1.54) is 18.4 Å². The summed E-state index contributed by atoms with van der Waals surface area (Å²) in [5, 5.41) is 9.36. The summed E-state index contributed by atoms with van der Waals surface area (Å²) in [5.74, 6) is -0.556. The highest BCUT2D eigenvalue weighted by Gasteiger charge is 2.26. The molecule has 0 aliphatic heterocycles. The molecule has 0 spiro atoms. The molecule has 1 aromatic heterocycles. The van der Waals surface area contributed by atoms with Crippen molar-refractivity contribution in [3.05, 3.63) is 49.0 Å². The zero-order chi connectivity index (χ0) is 14.7. The monoisotopic (exact) mass is 413 g/mol. The lowest BCUT2D eigenvalue weighted by molar-refractivity contribution is 0.0981. The average molecular weight is 415 g/mol. The highest BCUT2D eigenvalue weighted by Crippen LogP contribution is 2.36. The number of ketones is 1. The molecule has 0 fully saturated rings. The van der Waals surface area contributed by atoms with E-state index >= 15 is 0 Å². The Hall–Kier alpha value is -1.16. The molecule has 102 valence electrons. The summed E-state index contributed by atoms with van der Waals surface area (Å²) in [7, 11) is 1.52. The van der Waals surface area contributed by atoms with Crippen LogP contribution in [0.25, 0.3) is 0 Å². The summed E-state index contributed by atoms with van der Waals surface area (Å²) < 4.78 is 6.86. The van der Waals surface area contributed by atoms with E-state index in [4.69, 9.17) is 4.74 Å². The molecule has 0 bridgehead atoms. The molecule has 0 saturated heterocycles. The number of carbonyl (C=O) groups is 1. The summed E-state index contributed by atoms with van der Waals surface area (Å²) >= 11 is 8.00. The Balaban J connectivity index is 2.42. The zero-order valence-electron chi connectivity index (χ0n) is 10.4. The number of methoxy groups -OCH3 is 1. The van der Waals surface area contributed by atoms with Crippen molar-refractivity contribution in [2.24, 2.45) is 0 Å². The van der Waals surface area contributed by atoms with Crippen LogP contribution in [0.3, 0.4) is 0 Å². The Labute approximate surface area is 137 Å². The van der Waals surface area contributed by atoms with Crippen molar-refractivity contribution in [2.45, 2.75) is 5.92 Å². The second-order valence-electron chi connectivity index (χ2n) is 3.90. The Morgan fingerprint density at radius 3 is 2.65 bits per heavy atom. The van der Waals surface area contributed by atoms with Crippen LogP contribution in [-0.4, -0.2) is 12.9 Å². The fourth-order valence-corrected chi connectivity index (χ4v) is 3.79. The van der Waals surface area contributed by atoms with Crippen LogP contribution in [0.2, 0.25) is 0 Å². The van der Waals surface area contributed by atoms with Gasteiger partial charge in [0.15, 0.2) is 5.78 Å². The van der Waals surface area contributed by atoms with Gasteiger partial charge in [0.25, 0.3) is 0 Å². The molecule has 6 heteroatoms. The van der Waals surface area contributed by atoms with Gasteiger partial charge in [-0.15, -0.1) is 11.3 Å². The average Bonchev–Trinajstić information content (AvgIpc) is 2.80. The molecular formula is C14H9Br2NO2S. The van der Waals surface area contributed by atoms with Gasteiger partial charge in [-0.25, -0.2) is 0 Å². The van der Waals surface area contributed by atoms with Crippen molar-refractivity contribution >= 4 is 49.0 Å². The van der Waals surface area contributed by atoms with Gasteiger partial charge in [0.2, 0.25) is 0 Å². The second-order valence-corrected chi connectivity index (χ2v) is 7.13. The molecule has 0 amide bonds. The van der Waals surface area contributed by atoms with E-state index < -0.39 is 5.92 Å². The Morgan fingerprint density at radius 2 is 2.10 bits per heavy atom. The first-order chi connectivity index (χ1) is 9.58. The van der Waals surface area contributed by atoms with Crippen LogP contribution in [0.15, 0.2) is 38.6 Å². The Kier molecular flexibility index (Phi) is 4.97. The van der Waals surface area contributed by atoms with Gasteiger partial charge in [-0.1, -0.05) is 18.2 Å². The molecule has 0 aliphatic carbocycles. The SMILES string of the molecule is COc1ccccc1C(C#N)C(=O)c1cc(Br)c(Br)s1. The number of halogens is 2. The van der Waals surface area contributed by atoms with E-state index in [1.54, 1.807) is 30.3 Å². The van der Waals surface area contributed by atoms with Gasteiger partial charge in [0.05, 0.1) is 21.8 Å². The normalized spacial score (nSPS) is 11.7. The van der Waals surface area contributed by atoms with Crippen molar-refractivity contribution < 1.29 is 9.53 Å². The number of benzene rings is 1. The third-order valence-electron chi connectivity index (χ3n) is 2.73. The van der Waals surface area contributed by atoms with E-state index in [0.717, 1.165) is 8.26 Å². The molecule has 0 saturated carbocycles. The summed E-state index contributed by atoms with van der Waals surface area (Å²) in [6.45, 7) is 0. The van der Waals surface area contributed by atoms with Crippen LogP contribution in [-0.2, 0) is 0 Å². The van der Waals surface area contributed by atoms with Crippen LogP contribution in [0.4, 0.5) is 0 Å². The lowest BCUT2D eigenvalue weighted by Gasteiger charge is -2.11. The van der Waals surface area contributed by atoms with Gasteiger partial charge in [-0.3, -0.25) is 4.79 Å². The first kappa shape index (κ1) is 15.2. The maximum atomic E-state index is 12.5. The lowest BCUT2D eigenvalue weighted by atomic mass is 9.94. The van der Waals surface area contributed by atoms with E-state index in [0.29, 0.717) is 16.2 Å². The van der Waals surface area contributed by atoms with Crippen LogP contribution in [0, 0.1) is 11.3 Å². The van der Waals surface area contributed by atoms with Gasteiger partial charge in [-0.2, -0.15) is 5.26 Å². The third kappa shape index (κ3) is 2.95. The molecule has 1 atom stereocenters. The number of ether oxygens (including phenoxy) is 1. The molecule has 1 heterocycles. The van der Waals surface area contributed by atoms with Gasteiger partial charge < -0.3 is 4.74 Å². The van der Waals surface area contributed by atoms with E-state index in [-0.39, 0.29) is 5.78 Å².